The van der Waals surface area contributed by atoms with Crippen molar-refractivity contribution in [1.29, 1.82) is 0 Å². The van der Waals surface area contributed by atoms with Crippen molar-refractivity contribution in [3.05, 3.63) is 23.8 Å². The van der Waals surface area contributed by atoms with Crippen LogP contribution in [0.5, 0.6) is 0 Å². The number of nitrogens with two attached hydrogens (primary N) is 2. The number of anilines is 1. The van der Waals surface area contributed by atoms with E-state index in [1.807, 2.05) is 18.2 Å². The van der Waals surface area contributed by atoms with E-state index in [9.17, 15) is 0 Å². The predicted molar refractivity (Wildman–Crippen MR) is 59.0 cm³/mol. The molecular formula is C11H11N3O. The Bertz CT molecular complexity index is 533. The van der Waals surface area contributed by atoms with Crippen molar-refractivity contribution in [3.8, 4) is 11.8 Å². The summed E-state index contributed by atoms with van der Waals surface area (Å²) in [6, 6.07) is 5.71. The number of nitrogens with zero attached hydrogens (tertiary/aromatic N) is 1. The molecule has 4 nitrogen and oxygen atoms in total. The van der Waals surface area contributed by atoms with Gasteiger partial charge in [0.05, 0.1) is 0 Å². The van der Waals surface area contributed by atoms with Crippen molar-refractivity contribution in [2.45, 2.75) is 6.42 Å². The number of benzene rings is 1. The number of hydrogen-bond acceptors (Lipinski definition) is 4. The van der Waals surface area contributed by atoms with Crippen LogP contribution in [-0.4, -0.2) is 11.5 Å². The zero-order valence-electron chi connectivity index (χ0n) is 8.16. The molecule has 1 aromatic carbocycles. The fraction of sp³-hybridized carbons (Fsp3) is 0.182. The molecule has 15 heavy (non-hydrogen) atoms. The first-order chi connectivity index (χ1) is 7.29. The molecule has 0 bridgehead atoms. The van der Waals surface area contributed by atoms with E-state index < -0.39 is 0 Å². The van der Waals surface area contributed by atoms with Crippen LogP contribution < -0.4 is 11.5 Å². The van der Waals surface area contributed by atoms with Gasteiger partial charge in [0.25, 0.3) is 6.01 Å². The quantitative estimate of drug-likeness (QED) is 0.677. The van der Waals surface area contributed by atoms with Crippen LogP contribution in [0.3, 0.4) is 0 Å². The molecule has 0 saturated heterocycles. The van der Waals surface area contributed by atoms with Gasteiger partial charge >= 0.3 is 0 Å². The Morgan fingerprint density at radius 1 is 1.40 bits per heavy atom. The van der Waals surface area contributed by atoms with Gasteiger partial charge in [-0.1, -0.05) is 11.8 Å². The summed E-state index contributed by atoms with van der Waals surface area (Å²) in [6.07, 6.45) is 0.693. The highest BCUT2D eigenvalue weighted by atomic mass is 16.4. The van der Waals surface area contributed by atoms with Gasteiger partial charge in [-0.25, -0.2) is 0 Å². The fourth-order valence-corrected chi connectivity index (χ4v) is 1.26. The molecule has 0 aliphatic rings. The number of hydrogen-bond donors (Lipinski definition) is 2. The van der Waals surface area contributed by atoms with E-state index >= 15 is 0 Å². The van der Waals surface area contributed by atoms with Gasteiger partial charge in [0.2, 0.25) is 0 Å². The molecule has 0 unspecified atom stereocenters. The third-order valence-electron chi connectivity index (χ3n) is 1.91. The molecule has 1 heterocycles. The predicted octanol–water partition coefficient (Wildman–Crippen LogP) is 1.11. The first-order valence-corrected chi connectivity index (χ1v) is 4.64. The van der Waals surface area contributed by atoms with Crippen LogP contribution in [-0.2, 0) is 0 Å². The van der Waals surface area contributed by atoms with Gasteiger partial charge in [0.1, 0.15) is 5.52 Å². The van der Waals surface area contributed by atoms with Crippen molar-refractivity contribution in [3.63, 3.8) is 0 Å². The topological polar surface area (TPSA) is 78.1 Å². The Morgan fingerprint density at radius 2 is 2.27 bits per heavy atom. The molecule has 76 valence electrons. The van der Waals surface area contributed by atoms with Crippen LogP contribution in [0, 0.1) is 11.8 Å². The van der Waals surface area contributed by atoms with E-state index in [2.05, 4.69) is 16.8 Å². The summed E-state index contributed by atoms with van der Waals surface area (Å²) in [4.78, 5) is 4.02. The maximum atomic E-state index is 5.43. The molecule has 0 atom stereocenters. The minimum absolute atomic E-state index is 0.178. The highest BCUT2D eigenvalue weighted by Crippen LogP contribution is 2.17. The Kier molecular flexibility index (Phi) is 2.57. The van der Waals surface area contributed by atoms with E-state index in [-0.39, 0.29) is 6.01 Å². The number of oxazole rings is 1. The Hall–Kier alpha value is -1.99. The van der Waals surface area contributed by atoms with Crippen LogP contribution >= 0.6 is 0 Å². The Labute approximate surface area is 87.3 Å². The molecule has 2 aromatic rings. The lowest BCUT2D eigenvalue weighted by molar-refractivity contribution is 0.626. The standard InChI is InChI=1S/C11H11N3O/c12-6-2-1-3-8-4-5-10-9(7-8)14-11(13)15-10/h4-5,7H,2,6,12H2,(H2,13,14). The second-order valence-corrected chi connectivity index (χ2v) is 3.08. The minimum Gasteiger partial charge on any atom is -0.424 e. The zero-order chi connectivity index (χ0) is 10.7. The first kappa shape index (κ1) is 9.56. The first-order valence-electron chi connectivity index (χ1n) is 4.64. The summed E-state index contributed by atoms with van der Waals surface area (Å²) in [5, 5.41) is 0. The third-order valence-corrected chi connectivity index (χ3v) is 1.91. The molecule has 0 spiro atoms. The van der Waals surface area contributed by atoms with Crippen LogP contribution in [0.4, 0.5) is 6.01 Å². The molecule has 0 aliphatic heterocycles. The normalized spacial score (nSPS) is 9.93. The van der Waals surface area contributed by atoms with Gasteiger partial charge in [-0.05, 0) is 18.2 Å². The minimum atomic E-state index is 0.178. The Morgan fingerprint density at radius 3 is 3.07 bits per heavy atom. The lowest BCUT2D eigenvalue weighted by Gasteiger charge is -1.88. The summed E-state index contributed by atoms with van der Waals surface area (Å²) in [7, 11) is 0. The van der Waals surface area contributed by atoms with Gasteiger partial charge in [0.15, 0.2) is 5.58 Å². The third kappa shape index (κ3) is 2.09. The maximum Gasteiger partial charge on any atom is 0.292 e. The molecule has 0 aliphatic carbocycles. The zero-order valence-corrected chi connectivity index (χ0v) is 8.16. The number of fused-ring (bicyclic) bond motifs is 1. The second-order valence-electron chi connectivity index (χ2n) is 3.08. The van der Waals surface area contributed by atoms with Gasteiger partial charge < -0.3 is 15.9 Å². The van der Waals surface area contributed by atoms with Crippen LogP contribution in [0.25, 0.3) is 11.1 Å². The van der Waals surface area contributed by atoms with Gasteiger partial charge in [-0.15, -0.1) is 0 Å². The van der Waals surface area contributed by atoms with E-state index in [0.717, 1.165) is 11.1 Å². The molecule has 0 saturated carbocycles. The van der Waals surface area contributed by atoms with Crippen molar-refractivity contribution in [1.82, 2.24) is 4.98 Å². The molecule has 0 amide bonds. The summed E-state index contributed by atoms with van der Waals surface area (Å²) in [6.45, 7) is 0.576. The molecule has 2 rings (SSSR count). The van der Waals surface area contributed by atoms with Gasteiger partial charge in [-0.2, -0.15) is 4.98 Å². The smallest absolute Gasteiger partial charge is 0.292 e. The molecular weight excluding hydrogens is 190 g/mol. The van der Waals surface area contributed by atoms with Crippen LogP contribution in [0.15, 0.2) is 22.6 Å². The SMILES string of the molecule is NCCC#Cc1ccc2oc(N)nc2c1. The van der Waals surface area contributed by atoms with Gasteiger partial charge in [0, 0.05) is 18.5 Å². The van der Waals surface area contributed by atoms with Crippen LogP contribution in [0.2, 0.25) is 0 Å². The van der Waals surface area contributed by atoms with Crippen molar-refractivity contribution in [2.24, 2.45) is 5.73 Å². The summed E-state index contributed by atoms with van der Waals surface area (Å²) in [5.74, 6) is 5.95. The largest absolute Gasteiger partial charge is 0.424 e. The number of rotatable bonds is 1. The van der Waals surface area contributed by atoms with Crippen molar-refractivity contribution < 1.29 is 4.42 Å². The second kappa shape index (κ2) is 4.03. The molecule has 0 radical (unpaired) electrons. The number of nitrogen functional groups attached to an aromatic ring is 1. The van der Waals surface area contributed by atoms with Gasteiger partial charge in [-0.3, -0.25) is 0 Å². The summed E-state index contributed by atoms with van der Waals surface area (Å²) in [5.41, 5.74) is 13.1. The molecule has 0 fully saturated rings. The highest BCUT2D eigenvalue weighted by molar-refractivity contribution is 5.76. The van der Waals surface area contributed by atoms with E-state index in [1.54, 1.807) is 0 Å². The molecule has 4 heteroatoms. The number of aromatic nitrogens is 1. The maximum absolute atomic E-state index is 5.43. The van der Waals surface area contributed by atoms with E-state index in [1.165, 1.54) is 0 Å². The Balaban J connectivity index is 2.35. The summed E-state index contributed by atoms with van der Waals surface area (Å²) >= 11 is 0. The fourth-order valence-electron chi connectivity index (χ4n) is 1.26. The lowest BCUT2D eigenvalue weighted by atomic mass is 10.2. The van der Waals surface area contributed by atoms with E-state index in [4.69, 9.17) is 15.9 Å². The monoisotopic (exact) mass is 201 g/mol. The molecule has 1 aromatic heterocycles. The lowest BCUT2D eigenvalue weighted by Crippen LogP contribution is -1.95. The van der Waals surface area contributed by atoms with Crippen molar-refractivity contribution >= 4 is 17.1 Å². The van der Waals surface area contributed by atoms with Crippen LogP contribution in [0.1, 0.15) is 12.0 Å². The highest BCUT2D eigenvalue weighted by Gasteiger charge is 2.01. The van der Waals surface area contributed by atoms with Crippen molar-refractivity contribution in [2.75, 3.05) is 12.3 Å². The average molecular weight is 201 g/mol. The summed E-state index contributed by atoms with van der Waals surface area (Å²) < 4.78 is 5.15. The van der Waals surface area contributed by atoms with E-state index in [0.29, 0.717) is 18.5 Å². The molecule has 4 N–H and O–H groups in total. The average Bonchev–Trinajstić information content (AvgIpc) is 2.57.